The molecule has 2 rings (SSSR count). The van der Waals surface area contributed by atoms with Gasteiger partial charge in [0.25, 0.3) is 0 Å². The van der Waals surface area contributed by atoms with Crippen molar-refractivity contribution < 1.29 is 9.53 Å². The Morgan fingerprint density at radius 2 is 1.90 bits per heavy atom. The van der Waals surface area contributed by atoms with Crippen molar-refractivity contribution in [2.45, 2.75) is 13.1 Å². The van der Waals surface area contributed by atoms with Gasteiger partial charge in [0.1, 0.15) is 0 Å². The number of ether oxygens (including phenoxy) is 1. The summed E-state index contributed by atoms with van der Waals surface area (Å²) in [5, 5.41) is 5.51. The first kappa shape index (κ1) is 13.8. The van der Waals surface area contributed by atoms with Gasteiger partial charge < -0.3 is 15.4 Å². The van der Waals surface area contributed by atoms with Crippen LogP contribution in [0.15, 0.2) is 42.9 Å². The van der Waals surface area contributed by atoms with E-state index < -0.39 is 0 Å². The van der Waals surface area contributed by atoms with Crippen LogP contribution in [0.5, 0.6) is 5.88 Å². The molecule has 2 heterocycles. The smallest absolute Gasteiger partial charge is 0.315 e. The van der Waals surface area contributed by atoms with E-state index in [-0.39, 0.29) is 6.03 Å². The summed E-state index contributed by atoms with van der Waals surface area (Å²) in [6.45, 7) is 0.858. The van der Waals surface area contributed by atoms with E-state index in [9.17, 15) is 4.79 Å². The van der Waals surface area contributed by atoms with E-state index in [0.29, 0.717) is 19.0 Å². The number of nitrogens with zero attached hydrogens (tertiary/aromatic N) is 2. The first-order valence-electron chi connectivity index (χ1n) is 6.17. The lowest BCUT2D eigenvalue weighted by molar-refractivity contribution is 0.240. The van der Waals surface area contributed by atoms with Crippen LogP contribution < -0.4 is 15.4 Å². The topological polar surface area (TPSA) is 76.1 Å². The number of methoxy groups -OCH3 is 1. The SMILES string of the molecule is COc1ccc(CNC(=O)NCc2cccnc2)cn1. The largest absolute Gasteiger partial charge is 0.481 e. The Bertz CT molecular complexity index is 543. The molecule has 104 valence electrons. The van der Waals surface area contributed by atoms with E-state index in [4.69, 9.17) is 4.74 Å². The van der Waals surface area contributed by atoms with Crippen LogP contribution in [0.4, 0.5) is 4.79 Å². The Morgan fingerprint density at radius 3 is 2.45 bits per heavy atom. The van der Waals surface area contributed by atoms with Crippen LogP contribution >= 0.6 is 0 Å². The number of rotatable bonds is 5. The van der Waals surface area contributed by atoms with Crippen LogP contribution in [0.1, 0.15) is 11.1 Å². The van der Waals surface area contributed by atoms with Crippen LogP contribution in [0, 0.1) is 0 Å². The van der Waals surface area contributed by atoms with Crippen LogP contribution in [0.2, 0.25) is 0 Å². The summed E-state index contributed by atoms with van der Waals surface area (Å²) < 4.78 is 4.97. The predicted octanol–water partition coefficient (Wildman–Crippen LogP) is 1.48. The summed E-state index contributed by atoms with van der Waals surface area (Å²) in [6.07, 6.45) is 5.08. The third kappa shape index (κ3) is 4.24. The van der Waals surface area contributed by atoms with Crippen molar-refractivity contribution in [1.82, 2.24) is 20.6 Å². The molecule has 0 saturated carbocycles. The number of hydrogen-bond donors (Lipinski definition) is 2. The zero-order valence-electron chi connectivity index (χ0n) is 11.2. The molecule has 2 aromatic rings. The minimum atomic E-state index is -0.232. The van der Waals surface area contributed by atoms with Crippen molar-refractivity contribution in [3.8, 4) is 5.88 Å². The maximum atomic E-state index is 11.6. The fraction of sp³-hybridized carbons (Fsp3) is 0.214. The maximum absolute atomic E-state index is 11.6. The molecule has 0 saturated heterocycles. The molecular formula is C14H16N4O2. The summed E-state index contributed by atoms with van der Waals surface area (Å²) in [4.78, 5) is 19.7. The third-order valence-electron chi connectivity index (χ3n) is 2.64. The first-order valence-corrected chi connectivity index (χ1v) is 6.17. The maximum Gasteiger partial charge on any atom is 0.315 e. The molecule has 0 aliphatic carbocycles. The number of aromatic nitrogens is 2. The highest BCUT2D eigenvalue weighted by Crippen LogP contribution is 2.06. The van der Waals surface area contributed by atoms with Crippen LogP contribution in [-0.2, 0) is 13.1 Å². The number of carbonyl (C=O) groups excluding carboxylic acids is 1. The molecule has 0 aliphatic heterocycles. The van der Waals surface area contributed by atoms with Crippen molar-refractivity contribution in [2.24, 2.45) is 0 Å². The first-order chi connectivity index (χ1) is 9.78. The van der Waals surface area contributed by atoms with Gasteiger partial charge in [0.2, 0.25) is 5.88 Å². The molecule has 20 heavy (non-hydrogen) atoms. The Kier molecular flexibility index (Phi) is 4.88. The van der Waals surface area contributed by atoms with Gasteiger partial charge in [-0.1, -0.05) is 12.1 Å². The Morgan fingerprint density at radius 1 is 1.15 bits per heavy atom. The molecule has 6 nitrogen and oxygen atoms in total. The Labute approximate surface area is 117 Å². The lowest BCUT2D eigenvalue weighted by Gasteiger charge is -2.07. The second-order valence-electron chi connectivity index (χ2n) is 4.11. The molecule has 0 spiro atoms. The van der Waals surface area contributed by atoms with Crippen molar-refractivity contribution in [1.29, 1.82) is 0 Å². The quantitative estimate of drug-likeness (QED) is 0.864. The molecule has 0 unspecified atom stereocenters. The summed E-state index contributed by atoms with van der Waals surface area (Å²) in [6, 6.07) is 7.11. The highest BCUT2D eigenvalue weighted by Gasteiger charge is 2.01. The lowest BCUT2D eigenvalue weighted by atomic mass is 10.3. The van der Waals surface area contributed by atoms with Gasteiger partial charge in [-0.2, -0.15) is 0 Å². The fourth-order valence-corrected chi connectivity index (χ4v) is 1.57. The van der Waals surface area contributed by atoms with Gasteiger partial charge in [0.15, 0.2) is 0 Å². The summed E-state index contributed by atoms with van der Waals surface area (Å²) in [5.74, 6) is 0.551. The van der Waals surface area contributed by atoms with Crippen molar-refractivity contribution in [3.05, 3.63) is 54.0 Å². The summed E-state index contributed by atoms with van der Waals surface area (Å²) in [5.41, 5.74) is 1.86. The number of amides is 2. The highest BCUT2D eigenvalue weighted by atomic mass is 16.5. The molecule has 2 N–H and O–H groups in total. The Hall–Kier alpha value is -2.63. The highest BCUT2D eigenvalue weighted by molar-refractivity contribution is 5.73. The van der Waals surface area contributed by atoms with E-state index in [2.05, 4.69) is 20.6 Å². The average Bonchev–Trinajstić information content (AvgIpc) is 2.52. The minimum Gasteiger partial charge on any atom is -0.481 e. The second kappa shape index (κ2) is 7.08. The molecule has 6 heteroatoms. The van der Waals surface area contributed by atoms with E-state index >= 15 is 0 Å². The van der Waals surface area contributed by atoms with Crippen LogP contribution in [0.25, 0.3) is 0 Å². The van der Waals surface area contributed by atoms with Crippen LogP contribution in [-0.4, -0.2) is 23.1 Å². The molecular weight excluding hydrogens is 256 g/mol. The minimum absolute atomic E-state index is 0.232. The molecule has 0 aromatic carbocycles. The van der Waals surface area contributed by atoms with E-state index in [1.165, 1.54) is 0 Å². The van der Waals surface area contributed by atoms with Gasteiger partial charge in [0, 0.05) is 37.7 Å². The van der Waals surface area contributed by atoms with Gasteiger partial charge in [-0.25, -0.2) is 9.78 Å². The molecule has 0 atom stereocenters. The van der Waals surface area contributed by atoms with Crippen molar-refractivity contribution >= 4 is 6.03 Å². The number of hydrogen-bond acceptors (Lipinski definition) is 4. The van der Waals surface area contributed by atoms with Crippen LogP contribution in [0.3, 0.4) is 0 Å². The number of pyridine rings is 2. The van der Waals surface area contributed by atoms with E-state index in [0.717, 1.165) is 11.1 Å². The monoisotopic (exact) mass is 272 g/mol. The number of carbonyl (C=O) groups is 1. The number of urea groups is 1. The van der Waals surface area contributed by atoms with Gasteiger partial charge in [-0.3, -0.25) is 4.98 Å². The van der Waals surface area contributed by atoms with Crippen molar-refractivity contribution in [3.63, 3.8) is 0 Å². The fourth-order valence-electron chi connectivity index (χ4n) is 1.57. The average molecular weight is 272 g/mol. The molecule has 2 amide bonds. The van der Waals surface area contributed by atoms with Gasteiger partial charge >= 0.3 is 6.03 Å². The lowest BCUT2D eigenvalue weighted by Crippen LogP contribution is -2.34. The zero-order chi connectivity index (χ0) is 14.2. The van der Waals surface area contributed by atoms with E-state index in [1.54, 1.807) is 31.8 Å². The summed E-state index contributed by atoms with van der Waals surface area (Å²) in [7, 11) is 1.56. The standard InChI is InChI=1S/C14H16N4O2/c1-20-13-5-4-12(8-16-13)10-18-14(19)17-9-11-3-2-6-15-7-11/h2-8H,9-10H2,1H3,(H2,17,18,19). The number of nitrogens with one attached hydrogen (secondary N) is 2. The zero-order valence-corrected chi connectivity index (χ0v) is 11.2. The van der Waals surface area contributed by atoms with Gasteiger partial charge in [0.05, 0.1) is 7.11 Å². The summed E-state index contributed by atoms with van der Waals surface area (Å²) >= 11 is 0. The second-order valence-corrected chi connectivity index (χ2v) is 4.11. The van der Waals surface area contributed by atoms with Gasteiger partial charge in [-0.15, -0.1) is 0 Å². The molecule has 2 aromatic heterocycles. The predicted molar refractivity (Wildman–Crippen MR) is 74.1 cm³/mol. The Balaban J connectivity index is 1.74. The van der Waals surface area contributed by atoms with Crippen molar-refractivity contribution in [2.75, 3.05) is 7.11 Å². The molecule has 0 bridgehead atoms. The molecule has 0 aliphatic rings. The third-order valence-corrected chi connectivity index (χ3v) is 2.64. The van der Waals surface area contributed by atoms with E-state index in [1.807, 2.05) is 18.2 Å². The normalized spacial score (nSPS) is 9.85. The van der Waals surface area contributed by atoms with Gasteiger partial charge in [-0.05, 0) is 17.2 Å². The molecule has 0 fully saturated rings. The molecule has 0 radical (unpaired) electrons.